The van der Waals surface area contributed by atoms with E-state index in [2.05, 4.69) is 5.32 Å². The van der Waals surface area contributed by atoms with Crippen LogP contribution in [0.15, 0.2) is 24.3 Å². The van der Waals surface area contributed by atoms with Crippen molar-refractivity contribution < 1.29 is 9.53 Å². The van der Waals surface area contributed by atoms with E-state index in [0.29, 0.717) is 5.75 Å². The van der Waals surface area contributed by atoms with Crippen molar-refractivity contribution >= 4 is 5.91 Å². The van der Waals surface area contributed by atoms with E-state index in [1.54, 1.807) is 0 Å². The smallest absolute Gasteiger partial charge is 0.258 e. The molecule has 0 radical (unpaired) electrons. The van der Waals surface area contributed by atoms with Crippen LogP contribution in [0.1, 0.15) is 39.3 Å². The summed E-state index contributed by atoms with van der Waals surface area (Å²) in [6, 6.07) is 7.44. The maximum atomic E-state index is 11.6. The molecule has 3 N–H and O–H groups in total. The molecule has 18 heavy (non-hydrogen) atoms. The highest BCUT2D eigenvalue weighted by molar-refractivity contribution is 5.78. The number of hydrogen-bond donors (Lipinski definition) is 2. The minimum absolute atomic E-state index is 0.0136. The molecule has 100 valence electrons. The highest BCUT2D eigenvalue weighted by Gasteiger charge is 2.14. The van der Waals surface area contributed by atoms with Crippen LogP contribution >= 0.6 is 0 Å². The van der Waals surface area contributed by atoms with E-state index in [9.17, 15) is 4.79 Å². The molecule has 0 unspecified atom stereocenters. The maximum Gasteiger partial charge on any atom is 0.258 e. The van der Waals surface area contributed by atoms with Gasteiger partial charge in [0.15, 0.2) is 6.61 Å². The van der Waals surface area contributed by atoms with Crippen LogP contribution in [0.3, 0.4) is 0 Å². The lowest BCUT2D eigenvalue weighted by Gasteiger charge is -2.20. The van der Waals surface area contributed by atoms with Crippen molar-refractivity contribution in [1.82, 2.24) is 5.32 Å². The highest BCUT2D eigenvalue weighted by atomic mass is 16.5. The molecule has 4 heteroatoms. The van der Waals surface area contributed by atoms with Gasteiger partial charge >= 0.3 is 0 Å². The molecule has 1 aromatic rings. The minimum Gasteiger partial charge on any atom is -0.484 e. The van der Waals surface area contributed by atoms with Gasteiger partial charge in [0, 0.05) is 11.6 Å². The normalized spacial score (nSPS) is 12.9. The quantitative estimate of drug-likeness (QED) is 0.859. The van der Waals surface area contributed by atoms with Crippen molar-refractivity contribution in [3.05, 3.63) is 29.8 Å². The molecule has 0 fully saturated rings. The molecule has 0 heterocycles. The highest BCUT2D eigenvalue weighted by Crippen LogP contribution is 2.17. The number of carbonyl (C=O) groups is 1. The van der Waals surface area contributed by atoms with Crippen LogP contribution in [0.25, 0.3) is 0 Å². The van der Waals surface area contributed by atoms with Crippen LogP contribution in [-0.4, -0.2) is 18.1 Å². The van der Waals surface area contributed by atoms with Crippen LogP contribution < -0.4 is 15.8 Å². The fourth-order valence-corrected chi connectivity index (χ4v) is 1.49. The van der Waals surface area contributed by atoms with Crippen LogP contribution in [-0.2, 0) is 4.79 Å². The van der Waals surface area contributed by atoms with Crippen LogP contribution in [0, 0.1) is 0 Å². The number of ether oxygens (including phenoxy) is 1. The summed E-state index contributed by atoms with van der Waals surface area (Å²) in [4.78, 5) is 11.6. The molecular weight excluding hydrogens is 228 g/mol. The lowest BCUT2D eigenvalue weighted by molar-refractivity contribution is -0.124. The second kappa shape index (κ2) is 5.87. The number of benzene rings is 1. The maximum absolute atomic E-state index is 11.6. The second-order valence-electron chi connectivity index (χ2n) is 5.45. The first-order valence-electron chi connectivity index (χ1n) is 6.07. The molecule has 0 bridgehead atoms. The average molecular weight is 250 g/mol. The molecule has 0 aliphatic heterocycles. The third kappa shape index (κ3) is 5.19. The van der Waals surface area contributed by atoms with E-state index in [1.165, 1.54) is 0 Å². The fourth-order valence-electron chi connectivity index (χ4n) is 1.49. The second-order valence-corrected chi connectivity index (χ2v) is 5.45. The van der Waals surface area contributed by atoms with Gasteiger partial charge in [-0.25, -0.2) is 0 Å². The van der Waals surface area contributed by atoms with Gasteiger partial charge < -0.3 is 15.8 Å². The Labute approximate surface area is 109 Å². The standard InChI is InChI=1S/C14H22N2O2/c1-10(15)11-6-5-7-12(8-11)18-9-13(17)16-14(2,3)4/h5-8,10H,9,15H2,1-4H3,(H,16,17)/t10-/m1/s1. The number of amides is 1. The molecule has 0 saturated carbocycles. The summed E-state index contributed by atoms with van der Waals surface area (Å²) in [7, 11) is 0. The van der Waals surface area contributed by atoms with Gasteiger partial charge in [0.2, 0.25) is 0 Å². The molecule has 0 aliphatic carbocycles. The number of carbonyl (C=O) groups excluding carboxylic acids is 1. The Morgan fingerprint density at radius 1 is 1.44 bits per heavy atom. The van der Waals surface area contributed by atoms with Gasteiger partial charge in [-0.15, -0.1) is 0 Å². The summed E-state index contributed by atoms with van der Waals surface area (Å²) in [6.45, 7) is 7.72. The zero-order chi connectivity index (χ0) is 13.8. The molecule has 1 aromatic carbocycles. The first kappa shape index (κ1) is 14.5. The summed E-state index contributed by atoms with van der Waals surface area (Å²) < 4.78 is 5.44. The molecule has 1 rings (SSSR count). The number of nitrogens with one attached hydrogen (secondary N) is 1. The predicted molar refractivity (Wildman–Crippen MR) is 72.4 cm³/mol. The van der Waals surface area contributed by atoms with Gasteiger partial charge in [0.1, 0.15) is 5.75 Å². The van der Waals surface area contributed by atoms with Crippen molar-refractivity contribution in [2.75, 3.05) is 6.61 Å². The summed E-state index contributed by atoms with van der Waals surface area (Å²) in [6.07, 6.45) is 0. The summed E-state index contributed by atoms with van der Waals surface area (Å²) in [5.74, 6) is 0.530. The lowest BCUT2D eigenvalue weighted by atomic mass is 10.1. The molecule has 4 nitrogen and oxygen atoms in total. The van der Waals surface area contributed by atoms with E-state index in [0.717, 1.165) is 5.56 Å². The molecule has 1 amide bonds. The van der Waals surface area contributed by atoms with Crippen molar-refractivity contribution in [3.63, 3.8) is 0 Å². The van der Waals surface area contributed by atoms with Crippen LogP contribution in [0.2, 0.25) is 0 Å². The van der Waals surface area contributed by atoms with Gasteiger partial charge in [0.25, 0.3) is 5.91 Å². The molecule has 1 atom stereocenters. The van der Waals surface area contributed by atoms with Crippen molar-refractivity contribution in [2.24, 2.45) is 5.73 Å². The van der Waals surface area contributed by atoms with Gasteiger partial charge in [-0.1, -0.05) is 12.1 Å². The van der Waals surface area contributed by atoms with E-state index in [1.807, 2.05) is 52.0 Å². The van der Waals surface area contributed by atoms with E-state index in [-0.39, 0.29) is 24.1 Å². The number of nitrogens with two attached hydrogens (primary N) is 1. The predicted octanol–water partition coefficient (Wildman–Crippen LogP) is 2.00. The third-order valence-electron chi connectivity index (χ3n) is 2.27. The number of hydrogen-bond acceptors (Lipinski definition) is 3. The molecular formula is C14H22N2O2. The Kier molecular flexibility index (Phi) is 4.73. The fraction of sp³-hybridized carbons (Fsp3) is 0.500. The Bertz CT molecular complexity index is 409. The van der Waals surface area contributed by atoms with Gasteiger partial charge in [-0.2, -0.15) is 0 Å². The van der Waals surface area contributed by atoms with Crippen LogP contribution in [0.5, 0.6) is 5.75 Å². The van der Waals surface area contributed by atoms with E-state index in [4.69, 9.17) is 10.5 Å². The minimum atomic E-state index is -0.242. The molecule has 0 aliphatic rings. The summed E-state index contributed by atoms with van der Waals surface area (Å²) in [5.41, 5.74) is 6.53. The Hall–Kier alpha value is -1.55. The molecule has 0 aromatic heterocycles. The number of rotatable bonds is 4. The van der Waals surface area contributed by atoms with Gasteiger partial charge in [-0.05, 0) is 45.4 Å². The van der Waals surface area contributed by atoms with Gasteiger partial charge in [0.05, 0.1) is 0 Å². The molecule has 0 saturated heterocycles. The first-order chi connectivity index (χ1) is 8.28. The topological polar surface area (TPSA) is 64.3 Å². The van der Waals surface area contributed by atoms with Crippen molar-refractivity contribution in [2.45, 2.75) is 39.3 Å². The largest absolute Gasteiger partial charge is 0.484 e. The lowest BCUT2D eigenvalue weighted by Crippen LogP contribution is -2.43. The monoisotopic (exact) mass is 250 g/mol. The zero-order valence-electron chi connectivity index (χ0n) is 11.5. The molecule has 0 spiro atoms. The van der Waals surface area contributed by atoms with Crippen molar-refractivity contribution in [1.29, 1.82) is 0 Å². The summed E-state index contributed by atoms with van der Waals surface area (Å²) >= 11 is 0. The SMILES string of the molecule is C[C@@H](N)c1cccc(OCC(=O)NC(C)(C)C)c1. The Balaban J connectivity index is 2.53. The Morgan fingerprint density at radius 3 is 2.67 bits per heavy atom. The van der Waals surface area contributed by atoms with Gasteiger partial charge in [-0.3, -0.25) is 4.79 Å². The van der Waals surface area contributed by atoms with E-state index < -0.39 is 0 Å². The Morgan fingerprint density at radius 2 is 2.11 bits per heavy atom. The van der Waals surface area contributed by atoms with Crippen LogP contribution in [0.4, 0.5) is 0 Å². The average Bonchev–Trinajstić information content (AvgIpc) is 2.24. The third-order valence-corrected chi connectivity index (χ3v) is 2.27. The first-order valence-corrected chi connectivity index (χ1v) is 6.07. The summed E-state index contributed by atoms with van der Waals surface area (Å²) in [5, 5.41) is 2.84. The van der Waals surface area contributed by atoms with E-state index >= 15 is 0 Å². The zero-order valence-corrected chi connectivity index (χ0v) is 11.5. The van der Waals surface area contributed by atoms with Crippen molar-refractivity contribution in [3.8, 4) is 5.75 Å².